The van der Waals surface area contributed by atoms with Crippen LogP contribution in [0.2, 0.25) is 9.88 Å². The van der Waals surface area contributed by atoms with Gasteiger partial charge >= 0.3 is 135 Å². The van der Waals surface area contributed by atoms with Gasteiger partial charge in [-0.2, -0.15) is 0 Å². The van der Waals surface area contributed by atoms with Gasteiger partial charge in [-0.05, 0) is 0 Å². The first-order valence-electron chi connectivity index (χ1n) is 7.84. The van der Waals surface area contributed by atoms with Gasteiger partial charge in [0.25, 0.3) is 0 Å². The van der Waals surface area contributed by atoms with E-state index in [0.29, 0.717) is 0 Å². The molecule has 0 saturated carbocycles. The molecule has 0 radical (unpaired) electrons. The zero-order valence-electron chi connectivity index (χ0n) is 15.4. The molecular weight excluding hydrogens is 363 g/mol. The molecule has 0 unspecified atom stereocenters. The van der Waals surface area contributed by atoms with E-state index >= 15 is 0 Å². The van der Waals surface area contributed by atoms with Crippen molar-refractivity contribution in [1.29, 1.82) is 0 Å². The van der Waals surface area contributed by atoms with Gasteiger partial charge < -0.3 is 0 Å². The van der Waals surface area contributed by atoms with Crippen molar-refractivity contribution in [2.45, 2.75) is 65.3 Å². The van der Waals surface area contributed by atoms with E-state index in [1.165, 1.54) is 45.0 Å². The zero-order valence-corrected chi connectivity index (χ0v) is 18.2. The van der Waals surface area contributed by atoms with Gasteiger partial charge in [-0.15, -0.1) is 0 Å². The summed E-state index contributed by atoms with van der Waals surface area (Å²) in [5.74, 6) is 0. The van der Waals surface area contributed by atoms with Gasteiger partial charge in [-0.3, -0.25) is 0 Å². The molecule has 0 aliphatic rings. The summed E-state index contributed by atoms with van der Waals surface area (Å²) < 4.78 is 5.41. The topological polar surface area (TPSA) is 9.86 Å². The van der Waals surface area contributed by atoms with Crippen molar-refractivity contribution >= 4 is 18.9 Å². The molecule has 0 atom stereocenters. The van der Waals surface area contributed by atoms with E-state index in [1.54, 1.807) is 0 Å². The van der Waals surface area contributed by atoms with E-state index in [4.69, 9.17) is 0 Å². The minimum atomic E-state index is -2.70. The maximum atomic E-state index is 2.71. The third-order valence-electron chi connectivity index (χ3n) is 5.73. The Balaban J connectivity index is 2.81. The van der Waals surface area contributed by atoms with Crippen molar-refractivity contribution in [2.75, 3.05) is 0 Å². The molecule has 0 N–H and O–H groups in total. The summed E-state index contributed by atoms with van der Waals surface area (Å²) in [5.41, 5.74) is 11.7. The van der Waals surface area contributed by atoms with E-state index in [9.17, 15) is 0 Å². The Morgan fingerprint density at radius 1 is 0.476 bits per heavy atom. The Hall–Kier alpha value is -0.641. The molecule has 2 nitrogen and oxygen atoms in total. The van der Waals surface area contributed by atoms with Crippen LogP contribution in [0.15, 0.2) is 0 Å². The monoisotopic (exact) mass is 394 g/mol. The van der Waals surface area contributed by atoms with Crippen molar-refractivity contribution in [3.8, 4) is 0 Å². The summed E-state index contributed by atoms with van der Waals surface area (Å²) in [6.45, 7) is 18.2. The van der Waals surface area contributed by atoms with Crippen LogP contribution in [0.5, 0.6) is 0 Å². The fourth-order valence-electron chi connectivity index (χ4n) is 4.00. The molecule has 2 aromatic rings. The summed E-state index contributed by atoms with van der Waals surface area (Å²) in [6.07, 6.45) is 0. The molecule has 0 aliphatic carbocycles. The number of aromatic nitrogens is 2. The predicted molar refractivity (Wildman–Crippen MR) is 95.0 cm³/mol. The van der Waals surface area contributed by atoms with Crippen LogP contribution in [-0.4, -0.2) is 24.5 Å². The molecule has 116 valence electrons. The minimum absolute atomic E-state index is 1.47. The van der Waals surface area contributed by atoms with Crippen molar-refractivity contribution in [2.24, 2.45) is 0 Å². The van der Waals surface area contributed by atoms with Crippen LogP contribution in [-0.2, 0) is 0 Å². The number of nitrogens with zero attached hydrogens (tertiary/aromatic N) is 2. The maximum absolute atomic E-state index is 2.71. The average Bonchev–Trinajstić information content (AvgIpc) is 2.72. The second kappa shape index (κ2) is 5.22. The van der Waals surface area contributed by atoms with Gasteiger partial charge in [0.05, 0.1) is 0 Å². The fourth-order valence-corrected chi connectivity index (χ4v) is 15.9. The molecule has 0 bridgehead atoms. The molecule has 0 spiro atoms. The molecule has 3 heteroatoms. The van der Waals surface area contributed by atoms with Crippen molar-refractivity contribution in [3.63, 3.8) is 0 Å². The average molecular weight is 393 g/mol. The van der Waals surface area contributed by atoms with Crippen LogP contribution in [0.25, 0.3) is 0 Å². The molecule has 2 rings (SSSR count). The number of hydrogen-bond donors (Lipinski definition) is 0. The molecule has 0 amide bonds. The van der Waals surface area contributed by atoms with E-state index < -0.39 is 18.9 Å². The van der Waals surface area contributed by atoms with E-state index in [2.05, 4.69) is 70.8 Å². The van der Waals surface area contributed by atoms with Crippen molar-refractivity contribution in [3.05, 3.63) is 45.0 Å². The Kier molecular flexibility index (Phi) is 4.16. The fraction of sp³-hybridized carbons (Fsp3) is 0.556. The van der Waals surface area contributed by atoms with Gasteiger partial charge in [0.15, 0.2) is 0 Å². The third-order valence-corrected chi connectivity index (χ3v) is 15.8. The summed E-state index contributed by atoms with van der Waals surface area (Å²) in [7, 11) is 0. The van der Waals surface area contributed by atoms with Gasteiger partial charge in [-0.25, -0.2) is 0 Å². The van der Waals surface area contributed by atoms with Crippen LogP contribution in [0.1, 0.15) is 45.0 Å². The number of hydrogen-bond acceptors (Lipinski definition) is 0. The van der Waals surface area contributed by atoms with Gasteiger partial charge in [0.2, 0.25) is 0 Å². The molecule has 0 fully saturated rings. The van der Waals surface area contributed by atoms with E-state index in [-0.39, 0.29) is 0 Å². The summed E-state index contributed by atoms with van der Waals surface area (Å²) in [4.78, 5) is 5.07. The standard InChI is InChI=1S/2C8H12N.2CH3.Sn/c2*1-5-6(2)8(4)9-7(5)3;;;/h2*1-4H3;2*1H3;/q2*-1;;;+2. The first-order valence-corrected chi connectivity index (χ1v) is 16.1. The predicted octanol–water partition coefficient (Wildman–Crippen LogP) is 4.86. The van der Waals surface area contributed by atoms with E-state index in [1.807, 2.05) is 0 Å². The zero-order chi connectivity index (χ0) is 16.3. The van der Waals surface area contributed by atoms with Gasteiger partial charge in [0, 0.05) is 0 Å². The Bertz CT molecular complexity index is 603. The van der Waals surface area contributed by atoms with Crippen LogP contribution in [0.3, 0.4) is 0 Å². The van der Waals surface area contributed by atoms with Crippen LogP contribution < -0.4 is 0 Å². The molecule has 2 aromatic heterocycles. The van der Waals surface area contributed by atoms with Crippen molar-refractivity contribution < 1.29 is 0 Å². The third kappa shape index (κ3) is 2.21. The Morgan fingerprint density at radius 2 is 0.667 bits per heavy atom. The quantitative estimate of drug-likeness (QED) is 0.646. The van der Waals surface area contributed by atoms with Gasteiger partial charge in [-0.1, -0.05) is 0 Å². The van der Waals surface area contributed by atoms with Crippen LogP contribution in [0, 0.1) is 55.4 Å². The Labute approximate surface area is 134 Å². The second-order valence-corrected chi connectivity index (χ2v) is 18.1. The summed E-state index contributed by atoms with van der Waals surface area (Å²) in [6, 6.07) is 0. The van der Waals surface area contributed by atoms with Crippen LogP contribution >= 0.6 is 0 Å². The SMILES string of the molecule is Cc1c(C)c(C)[n]([Sn]([CH3])([CH3])[n]2c(C)c(C)c(C)c2C)c1C. The molecule has 0 aliphatic heterocycles. The van der Waals surface area contributed by atoms with Gasteiger partial charge in [0.1, 0.15) is 0 Å². The first kappa shape index (κ1) is 16.7. The van der Waals surface area contributed by atoms with Crippen LogP contribution in [0.4, 0.5) is 0 Å². The molecule has 21 heavy (non-hydrogen) atoms. The molecular formula is C18H30N2Sn. The molecule has 0 saturated heterocycles. The molecule has 0 aromatic carbocycles. The Morgan fingerprint density at radius 3 is 0.857 bits per heavy atom. The summed E-state index contributed by atoms with van der Waals surface area (Å²) in [5, 5.41) is 0. The summed E-state index contributed by atoms with van der Waals surface area (Å²) >= 11 is -2.70. The second-order valence-electron chi connectivity index (χ2n) is 7.01. The van der Waals surface area contributed by atoms with Crippen molar-refractivity contribution in [1.82, 2.24) is 5.58 Å². The first-order chi connectivity index (χ1) is 9.53. The molecule has 2 heterocycles. The normalized spacial score (nSPS) is 12.3. The van der Waals surface area contributed by atoms with E-state index in [0.717, 1.165) is 0 Å². The number of rotatable bonds is 2.